The first kappa shape index (κ1) is 12.9. The van der Waals surface area contributed by atoms with Crippen LogP contribution in [0.25, 0.3) is 0 Å². The Balaban J connectivity index is 2.31. The van der Waals surface area contributed by atoms with E-state index in [-0.39, 0.29) is 23.6 Å². The molecule has 5 nitrogen and oxygen atoms in total. The third-order valence-electron chi connectivity index (χ3n) is 2.73. The third-order valence-corrected chi connectivity index (χ3v) is 2.73. The van der Waals surface area contributed by atoms with E-state index in [1.54, 1.807) is 18.2 Å². The lowest BCUT2D eigenvalue weighted by Crippen LogP contribution is -2.14. The van der Waals surface area contributed by atoms with Crippen molar-refractivity contribution < 1.29 is 15.0 Å². The van der Waals surface area contributed by atoms with Gasteiger partial charge < -0.3 is 21.3 Å². The van der Waals surface area contributed by atoms with Gasteiger partial charge in [0, 0.05) is 12.2 Å². The predicted octanol–water partition coefficient (Wildman–Crippen LogP) is 1.81. The van der Waals surface area contributed by atoms with E-state index in [1.807, 2.05) is 6.07 Å². The van der Waals surface area contributed by atoms with Crippen LogP contribution in [0.5, 0.6) is 11.5 Å². The Bertz CT molecular complexity index is 591. The Hall–Kier alpha value is -2.53. The van der Waals surface area contributed by atoms with Crippen LogP contribution >= 0.6 is 0 Å². The summed E-state index contributed by atoms with van der Waals surface area (Å²) in [4.78, 5) is 12.1. The molecule has 5 heteroatoms. The zero-order chi connectivity index (χ0) is 13.8. The first-order valence-corrected chi connectivity index (χ1v) is 5.73. The van der Waals surface area contributed by atoms with Crippen LogP contribution in [0.15, 0.2) is 42.5 Å². The van der Waals surface area contributed by atoms with E-state index >= 15 is 0 Å². The molecule has 1 amide bonds. The Morgan fingerprint density at radius 3 is 2.32 bits per heavy atom. The summed E-state index contributed by atoms with van der Waals surface area (Å²) in [7, 11) is 0. The van der Waals surface area contributed by atoms with Crippen molar-refractivity contribution in [1.82, 2.24) is 0 Å². The molecule has 0 fully saturated rings. The largest absolute Gasteiger partial charge is 0.507 e. The molecule has 0 saturated heterocycles. The van der Waals surface area contributed by atoms with Crippen LogP contribution in [0.1, 0.15) is 15.9 Å². The molecule has 2 rings (SSSR count). The smallest absolute Gasteiger partial charge is 0.263 e. The van der Waals surface area contributed by atoms with Crippen molar-refractivity contribution in [2.45, 2.75) is 6.54 Å². The lowest BCUT2D eigenvalue weighted by molar-refractivity contribution is 0.102. The minimum absolute atomic E-state index is 0.158. The molecule has 0 atom stereocenters. The van der Waals surface area contributed by atoms with Gasteiger partial charge in [-0.25, -0.2) is 0 Å². The number of para-hydroxylation sites is 1. The summed E-state index contributed by atoms with van der Waals surface area (Å²) >= 11 is 0. The molecule has 0 saturated carbocycles. The van der Waals surface area contributed by atoms with Gasteiger partial charge in [0.2, 0.25) is 0 Å². The normalized spacial score (nSPS) is 10.2. The standard InChI is InChI=1S/C14H14N2O3/c15-8-9-4-1-2-5-10(9)16-14(19)13-11(17)6-3-7-12(13)18/h1-7,17-18H,8,15H2,(H,16,19). The monoisotopic (exact) mass is 258 g/mol. The molecule has 0 heterocycles. The lowest BCUT2D eigenvalue weighted by Gasteiger charge is -2.11. The summed E-state index contributed by atoms with van der Waals surface area (Å²) in [5, 5.41) is 21.9. The van der Waals surface area contributed by atoms with Crippen molar-refractivity contribution in [3.05, 3.63) is 53.6 Å². The van der Waals surface area contributed by atoms with Crippen LogP contribution in [-0.2, 0) is 6.54 Å². The third kappa shape index (κ3) is 2.66. The van der Waals surface area contributed by atoms with Crippen molar-refractivity contribution in [3.8, 4) is 11.5 Å². The topological polar surface area (TPSA) is 95.6 Å². The van der Waals surface area contributed by atoms with Gasteiger partial charge in [-0.05, 0) is 23.8 Å². The van der Waals surface area contributed by atoms with Gasteiger partial charge in [0.1, 0.15) is 17.1 Å². The summed E-state index contributed by atoms with van der Waals surface area (Å²) in [6, 6.07) is 11.2. The van der Waals surface area contributed by atoms with Crippen LogP contribution < -0.4 is 11.1 Å². The molecule has 98 valence electrons. The molecule has 2 aromatic carbocycles. The molecule has 19 heavy (non-hydrogen) atoms. The summed E-state index contributed by atoms with van der Waals surface area (Å²) in [5.41, 5.74) is 6.74. The van der Waals surface area contributed by atoms with Gasteiger partial charge in [-0.3, -0.25) is 4.79 Å². The van der Waals surface area contributed by atoms with E-state index in [0.29, 0.717) is 5.69 Å². The molecule has 0 bridgehead atoms. The number of hydrogen-bond acceptors (Lipinski definition) is 4. The van der Waals surface area contributed by atoms with Crippen LogP contribution in [0.4, 0.5) is 5.69 Å². The van der Waals surface area contributed by atoms with Crippen LogP contribution in [0.3, 0.4) is 0 Å². The second-order valence-electron chi connectivity index (χ2n) is 3.99. The van der Waals surface area contributed by atoms with Crippen molar-refractivity contribution in [1.29, 1.82) is 0 Å². The maximum atomic E-state index is 12.1. The maximum absolute atomic E-state index is 12.1. The average Bonchev–Trinajstić information content (AvgIpc) is 2.39. The van der Waals surface area contributed by atoms with Crippen molar-refractivity contribution in [2.75, 3.05) is 5.32 Å². The molecular formula is C14H14N2O3. The number of hydrogen-bond donors (Lipinski definition) is 4. The number of phenolic OH excluding ortho intramolecular Hbond substituents is 2. The fourth-order valence-corrected chi connectivity index (χ4v) is 1.77. The van der Waals surface area contributed by atoms with Crippen LogP contribution in [0, 0.1) is 0 Å². The number of nitrogens with one attached hydrogen (secondary N) is 1. The fourth-order valence-electron chi connectivity index (χ4n) is 1.77. The number of carbonyl (C=O) groups excluding carboxylic acids is 1. The molecule has 0 aliphatic carbocycles. The van der Waals surface area contributed by atoms with E-state index < -0.39 is 5.91 Å². The van der Waals surface area contributed by atoms with Gasteiger partial charge in [0.25, 0.3) is 5.91 Å². The molecule has 0 spiro atoms. The number of carbonyl (C=O) groups is 1. The minimum Gasteiger partial charge on any atom is -0.507 e. The first-order chi connectivity index (χ1) is 9.13. The molecule has 0 unspecified atom stereocenters. The molecule has 2 aromatic rings. The van der Waals surface area contributed by atoms with Gasteiger partial charge in [-0.1, -0.05) is 24.3 Å². The average molecular weight is 258 g/mol. The Labute approximate surface area is 110 Å². The van der Waals surface area contributed by atoms with Crippen molar-refractivity contribution in [3.63, 3.8) is 0 Å². The maximum Gasteiger partial charge on any atom is 0.263 e. The highest BCUT2D eigenvalue weighted by Crippen LogP contribution is 2.27. The summed E-state index contributed by atoms with van der Waals surface area (Å²) < 4.78 is 0. The van der Waals surface area contributed by atoms with Crippen LogP contribution in [0.2, 0.25) is 0 Å². The summed E-state index contributed by atoms with van der Waals surface area (Å²) in [5.74, 6) is -1.14. The van der Waals surface area contributed by atoms with Crippen molar-refractivity contribution >= 4 is 11.6 Å². The van der Waals surface area contributed by atoms with Crippen LogP contribution in [-0.4, -0.2) is 16.1 Å². The molecule has 0 aromatic heterocycles. The Morgan fingerprint density at radius 2 is 1.68 bits per heavy atom. The van der Waals surface area contributed by atoms with E-state index in [1.165, 1.54) is 18.2 Å². The summed E-state index contributed by atoms with van der Waals surface area (Å²) in [6.07, 6.45) is 0. The Kier molecular flexibility index (Phi) is 3.68. The van der Waals surface area contributed by atoms with E-state index in [2.05, 4.69) is 5.32 Å². The zero-order valence-corrected chi connectivity index (χ0v) is 10.1. The zero-order valence-electron chi connectivity index (χ0n) is 10.1. The van der Waals surface area contributed by atoms with E-state index in [0.717, 1.165) is 5.56 Å². The lowest BCUT2D eigenvalue weighted by atomic mass is 10.1. The fraction of sp³-hybridized carbons (Fsp3) is 0.0714. The number of rotatable bonds is 3. The highest BCUT2D eigenvalue weighted by atomic mass is 16.3. The second kappa shape index (κ2) is 5.41. The highest BCUT2D eigenvalue weighted by molar-refractivity contribution is 6.08. The number of amides is 1. The van der Waals surface area contributed by atoms with Gasteiger partial charge in [0.15, 0.2) is 0 Å². The van der Waals surface area contributed by atoms with Gasteiger partial charge in [0.05, 0.1) is 0 Å². The molecule has 0 aliphatic rings. The number of anilines is 1. The first-order valence-electron chi connectivity index (χ1n) is 5.73. The molecule has 5 N–H and O–H groups in total. The second-order valence-corrected chi connectivity index (χ2v) is 3.99. The SMILES string of the molecule is NCc1ccccc1NC(=O)c1c(O)cccc1O. The quantitative estimate of drug-likeness (QED) is 0.675. The van der Waals surface area contributed by atoms with Crippen molar-refractivity contribution in [2.24, 2.45) is 5.73 Å². The molecular weight excluding hydrogens is 244 g/mol. The minimum atomic E-state index is -0.587. The number of aromatic hydroxyl groups is 2. The van der Waals surface area contributed by atoms with Gasteiger partial charge in [-0.15, -0.1) is 0 Å². The molecule has 0 aliphatic heterocycles. The predicted molar refractivity (Wildman–Crippen MR) is 72.1 cm³/mol. The van der Waals surface area contributed by atoms with E-state index in [4.69, 9.17) is 5.73 Å². The van der Waals surface area contributed by atoms with Gasteiger partial charge in [-0.2, -0.15) is 0 Å². The summed E-state index contributed by atoms with van der Waals surface area (Å²) in [6.45, 7) is 0.281. The number of benzene rings is 2. The highest BCUT2D eigenvalue weighted by Gasteiger charge is 2.16. The number of phenols is 2. The Morgan fingerprint density at radius 1 is 1.05 bits per heavy atom. The van der Waals surface area contributed by atoms with Gasteiger partial charge >= 0.3 is 0 Å². The van der Waals surface area contributed by atoms with E-state index in [9.17, 15) is 15.0 Å². The molecule has 0 radical (unpaired) electrons. The number of nitrogens with two attached hydrogens (primary N) is 1.